The van der Waals surface area contributed by atoms with Gasteiger partial charge in [0, 0.05) is 17.3 Å². The molecule has 2 aliphatic rings. The Hall–Kier alpha value is -1.35. The van der Waals surface area contributed by atoms with Crippen LogP contribution in [0.1, 0.15) is 24.4 Å². The molecule has 14 heavy (non-hydrogen) atoms. The largest absolute Gasteiger partial charge is 0.324 e. The van der Waals surface area contributed by atoms with E-state index in [4.69, 9.17) is 0 Å². The van der Waals surface area contributed by atoms with Crippen molar-refractivity contribution in [3.63, 3.8) is 0 Å². The van der Waals surface area contributed by atoms with Crippen LogP contribution in [0, 0.1) is 0 Å². The molecular formula is C11H12N2O. The van der Waals surface area contributed by atoms with Crippen LogP contribution in [-0.4, -0.2) is 11.9 Å². The number of hydrogen-bond acceptors (Lipinski definition) is 2. The van der Waals surface area contributed by atoms with Gasteiger partial charge in [-0.2, -0.15) is 0 Å². The van der Waals surface area contributed by atoms with Gasteiger partial charge >= 0.3 is 0 Å². The standard InChI is InChI=1S/C11H12N2O/c14-11-10(12-7-5-6-7)8-3-1-2-4-9(8)13-11/h1-4,7,10,12H,5-6H2,(H,13,14). The summed E-state index contributed by atoms with van der Waals surface area (Å²) in [5.41, 5.74) is 2.04. The number of benzene rings is 1. The van der Waals surface area contributed by atoms with Gasteiger partial charge in [-0.1, -0.05) is 18.2 Å². The Labute approximate surface area is 82.5 Å². The molecule has 3 nitrogen and oxygen atoms in total. The molecule has 1 atom stereocenters. The molecule has 1 aromatic rings. The molecule has 0 radical (unpaired) electrons. The number of para-hydroxylation sites is 1. The smallest absolute Gasteiger partial charge is 0.246 e. The lowest BCUT2D eigenvalue weighted by Crippen LogP contribution is -2.29. The third-order valence-electron chi connectivity index (χ3n) is 2.77. The van der Waals surface area contributed by atoms with Crippen molar-refractivity contribution in [3.8, 4) is 0 Å². The molecule has 72 valence electrons. The van der Waals surface area contributed by atoms with Gasteiger partial charge in [-0.15, -0.1) is 0 Å². The molecule has 1 fully saturated rings. The molecule has 3 heteroatoms. The molecule has 0 bridgehead atoms. The van der Waals surface area contributed by atoms with E-state index in [1.807, 2.05) is 24.3 Å². The minimum Gasteiger partial charge on any atom is -0.324 e. The fraction of sp³-hybridized carbons (Fsp3) is 0.364. The van der Waals surface area contributed by atoms with Crippen LogP contribution in [-0.2, 0) is 4.79 Å². The van der Waals surface area contributed by atoms with E-state index in [9.17, 15) is 4.79 Å². The predicted octanol–water partition coefficient (Wildman–Crippen LogP) is 1.43. The highest BCUT2D eigenvalue weighted by atomic mass is 16.2. The van der Waals surface area contributed by atoms with E-state index in [1.54, 1.807) is 0 Å². The summed E-state index contributed by atoms with van der Waals surface area (Å²) in [7, 11) is 0. The topological polar surface area (TPSA) is 41.1 Å². The quantitative estimate of drug-likeness (QED) is 0.737. The van der Waals surface area contributed by atoms with Crippen molar-refractivity contribution >= 4 is 11.6 Å². The van der Waals surface area contributed by atoms with Crippen molar-refractivity contribution in [2.75, 3.05) is 5.32 Å². The van der Waals surface area contributed by atoms with Crippen LogP contribution in [0.2, 0.25) is 0 Å². The van der Waals surface area contributed by atoms with Crippen LogP contribution in [0.4, 0.5) is 5.69 Å². The summed E-state index contributed by atoms with van der Waals surface area (Å²) in [6.07, 6.45) is 2.40. The number of rotatable bonds is 2. The fourth-order valence-corrected chi connectivity index (χ4v) is 1.86. The van der Waals surface area contributed by atoms with E-state index in [0.29, 0.717) is 6.04 Å². The van der Waals surface area contributed by atoms with E-state index >= 15 is 0 Å². The summed E-state index contributed by atoms with van der Waals surface area (Å²) in [6.45, 7) is 0. The van der Waals surface area contributed by atoms with Gasteiger partial charge in [0.1, 0.15) is 6.04 Å². The first-order chi connectivity index (χ1) is 6.84. The molecule has 1 aliphatic carbocycles. The van der Waals surface area contributed by atoms with Gasteiger partial charge in [0.05, 0.1) is 0 Å². The zero-order chi connectivity index (χ0) is 9.54. The Kier molecular flexibility index (Phi) is 1.61. The number of anilines is 1. The number of fused-ring (bicyclic) bond motifs is 1. The first-order valence-corrected chi connectivity index (χ1v) is 5.00. The van der Waals surface area contributed by atoms with Crippen molar-refractivity contribution in [2.24, 2.45) is 0 Å². The summed E-state index contributed by atoms with van der Waals surface area (Å²) >= 11 is 0. The minimum atomic E-state index is -0.126. The maximum atomic E-state index is 11.6. The van der Waals surface area contributed by atoms with Crippen molar-refractivity contribution in [3.05, 3.63) is 29.8 Å². The van der Waals surface area contributed by atoms with E-state index in [-0.39, 0.29) is 11.9 Å². The summed E-state index contributed by atoms with van der Waals surface area (Å²) < 4.78 is 0. The Morgan fingerprint density at radius 2 is 2.07 bits per heavy atom. The second-order valence-corrected chi connectivity index (χ2v) is 3.95. The maximum absolute atomic E-state index is 11.6. The molecule has 0 aromatic heterocycles. The highest BCUT2D eigenvalue weighted by molar-refractivity contribution is 6.02. The third-order valence-corrected chi connectivity index (χ3v) is 2.77. The lowest BCUT2D eigenvalue weighted by molar-refractivity contribution is -0.117. The van der Waals surface area contributed by atoms with Gasteiger partial charge in [0.2, 0.25) is 5.91 Å². The third kappa shape index (κ3) is 1.21. The van der Waals surface area contributed by atoms with E-state index in [1.165, 1.54) is 12.8 Å². The van der Waals surface area contributed by atoms with Gasteiger partial charge in [-0.25, -0.2) is 0 Å². The second kappa shape index (κ2) is 2.82. The molecule has 1 aliphatic heterocycles. The summed E-state index contributed by atoms with van der Waals surface area (Å²) in [4.78, 5) is 11.6. The molecule has 2 N–H and O–H groups in total. The predicted molar refractivity (Wildman–Crippen MR) is 54.0 cm³/mol. The number of hydrogen-bond donors (Lipinski definition) is 2. The second-order valence-electron chi connectivity index (χ2n) is 3.95. The van der Waals surface area contributed by atoms with Crippen molar-refractivity contribution in [1.29, 1.82) is 0 Å². The Balaban J connectivity index is 1.92. The van der Waals surface area contributed by atoms with Crippen LogP contribution in [0.15, 0.2) is 24.3 Å². The molecule has 1 aromatic carbocycles. The zero-order valence-electron chi connectivity index (χ0n) is 7.79. The van der Waals surface area contributed by atoms with Crippen LogP contribution in [0.25, 0.3) is 0 Å². The minimum absolute atomic E-state index is 0.0816. The van der Waals surface area contributed by atoms with E-state index in [2.05, 4.69) is 10.6 Å². The first kappa shape index (κ1) is 8.00. The highest BCUT2D eigenvalue weighted by Gasteiger charge is 2.34. The molecule has 3 rings (SSSR count). The number of carbonyl (C=O) groups excluding carboxylic acids is 1. The number of carbonyl (C=O) groups is 1. The average molecular weight is 188 g/mol. The van der Waals surface area contributed by atoms with Crippen LogP contribution < -0.4 is 10.6 Å². The number of nitrogens with one attached hydrogen (secondary N) is 2. The number of amides is 1. The van der Waals surface area contributed by atoms with Gasteiger partial charge in [-0.3, -0.25) is 10.1 Å². The summed E-state index contributed by atoms with van der Waals surface area (Å²) in [5, 5.41) is 6.23. The SMILES string of the molecule is O=C1Nc2ccccc2C1NC1CC1. The molecule has 0 saturated heterocycles. The zero-order valence-corrected chi connectivity index (χ0v) is 7.79. The summed E-state index contributed by atoms with van der Waals surface area (Å²) in [5.74, 6) is 0.0816. The Morgan fingerprint density at radius 1 is 1.29 bits per heavy atom. The van der Waals surface area contributed by atoms with Crippen molar-refractivity contribution in [1.82, 2.24) is 5.32 Å². The molecule has 1 heterocycles. The normalized spacial score (nSPS) is 24.6. The highest BCUT2D eigenvalue weighted by Crippen LogP contribution is 2.33. The van der Waals surface area contributed by atoms with Crippen LogP contribution in [0.3, 0.4) is 0 Å². The lowest BCUT2D eigenvalue weighted by Gasteiger charge is -2.09. The monoisotopic (exact) mass is 188 g/mol. The van der Waals surface area contributed by atoms with E-state index in [0.717, 1.165) is 11.3 Å². The Bertz CT molecular complexity index is 385. The van der Waals surface area contributed by atoms with Crippen molar-refractivity contribution in [2.45, 2.75) is 24.9 Å². The van der Waals surface area contributed by atoms with Crippen molar-refractivity contribution < 1.29 is 4.79 Å². The van der Waals surface area contributed by atoms with Crippen LogP contribution >= 0.6 is 0 Å². The van der Waals surface area contributed by atoms with Gasteiger partial charge in [-0.05, 0) is 18.9 Å². The lowest BCUT2D eigenvalue weighted by atomic mass is 10.1. The van der Waals surface area contributed by atoms with Gasteiger partial charge in [0.25, 0.3) is 0 Å². The van der Waals surface area contributed by atoms with Gasteiger partial charge in [0.15, 0.2) is 0 Å². The fourth-order valence-electron chi connectivity index (χ4n) is 1.86. The van der Waals surface area contributed by atoms with E-state index < -0.39 is 0 Å². The molecular weight excluding hydrogens is 176 g/mol. The summed E-state index contributed by atoms with van der Waals surface area (Å²) in [6, 6.07) is 8.30. The molecule has 1 unspecified atom stereocenters. The van der Waals surface area contributed by atoms with Crippen LogP contribution in [0.5, 0.6) is 0 Å². The maximum Gasteiger partial charge on any atom is 0.246 e. The average Bonchev–Trinajstić information content (AvgIpc) is 2.93. The van der Waals surface area contributed by atoms with Gasteiger partial charge < -0.3 is 5.32 Å². The first-order valence-electron chi connectivity index (χ1n) is 5.00. The molecule has 0 spiro atoms. The Morgan fingerprint density at radius 3 is 2.86 bits per heavy atom. The molecule has 1 amide bonds. The molecule has 1 saturated carbocycles.